The van der Waals surface area contributed by atoms with Gasteiger partial charge in [0.1, 0.15) is 6.61 Å². The van der Waals surface area contributed by atoms with Crippen LogP contribution in [-0.2, 0) is 26.0 Å². The number of amides is 1. The normalized spacial score (nSPS) is 13.7. The molecule has 0 unspecified atom stereocenters. The van der Waals surface area contributed by atoms with Gasteiger partial charge in [-0.15, -0.1) is 0 Å². The van der Waals surface area contributed by atoms with Crippen molar-refractivity contribution in [2.24, 2.45) is 0 Å². The minimum absolute atomic E-state index is 0.0362. The first kappa shape index (κ1) is 19.8. The largest absolute Gasteiger partial charge is 0.375 e. The van der Waals surface area contributed by atoms with Gasteiger partial charge in [0.25, 0.3) is 21.6 Å². The molecule has 1 amide bonds. The Kier molecular flexibility index (Phi) is 5.61. The highest BCUT2D eigenvalue weighted by atomic mass is 32.2. The van der Waals surface area contributed by atoms with Gasteiger partial charge in [-0.1, -0.05) is 12.1 Å². The Morgan fingerprint density at radius 3 is 2.75 bits per heavy atom. The second-order valence-corrected chi connectivity index (χ2v) is 7.91. The van der Waals surface area contributed by atoms with Crippen LogP contribution in [0.1, 0.15) is 12.0 Å². The van der Waals surface area contributed by atoms with Gasteiger partial charge in [-0.05, 0) is 42.7 Å². The van der Waals surface area contributed by atoms with E-state index in [1.54, 1.807) is 17.0 Å². The van der Waals surface area contributed by atoms with Gasteiger partial charge in [-0.2, -0.15) is 0 Å². The Morgan fingerprint density at radius 2 is 2.04 bits per heavy atom. The Bertz CT molecular complexity index is 1020. The molecule has 1 aliphatic heterocycles. The number of anilines is 2. The number of carbonyl (C=O) groups is 1. The van der Waals surface area contributed by atoms with E-state index in [1.165, 1.54) is 31.4 Å². The fourth-order valence-electron chi connectivity index (χ4n) is 3.17. The first-order valence-corrected chi connectivity index (χ1v) is 10.0. The molecule has 0 fully saturated rings. The van der Waals surface area contributed by atoms with Gasteiger partial charge in [-0.25, -0.2) is 8.42 Å². The van der Waals surface area contributed by atoms with Crippen molar-refractivity contribution in [2.45, 2.75) is 17.7 Å². The van der Waals surface area contributed by atoms with Crippen molar-refractivity contribution in [2.75, 3.05) is 29.9 Å². The summed E-state index contributed by atoms with van der Waals surface area (Å²) in [7, 11) is -2.70. The number of benzene rings is 2. The lowest BCUT2D eigenvalue weighted by Gasteiger charge is -2.29. The lowest BCUT2D eigenvalue weighted by molar-refractivity contribution is -0.387. The maximum Gasteiger partial charge on any atom is 0.289 e. The van der Waals surface area contributed by atoms with Crippen LogP contribution >= 0.6 is 0 Å². The number of hydrogen-bond acceptors (Lipinski definition) is 6. The van der Waals surface area contributed by atoms with Gasteiger partial charge in [-0.3, -0.25) is 19.6 Å². The number of ether oxygens (including phenoxy) is 1. The molecule has 28 heavy (non-hydrogen) atoms. The second kappa shape index (κ2) is 7.95. The van der Waals surface area contributed by atoms with Crippen molar-refractivity contribution in [1.29, 1.82) is 0 Å². The molecule has 0 bridgehead atoms. The lowest BCUT2D eigenvalue weighted by atomic mass is 10.0. The SMILES string of the molecule is COCC(=O)N1CCCc2cc(NS(=O)(=O)c3ccccc3[N+](=O)[O-])ccc21. The summed E-state index contributed by atoms with van der Waals surface area (Å²) >= 11 is 0. The average Bonchev–Trinajstić information content (AvgIpc) is 2.67. The van der Waals surface area contributed by atoms with Gasteiger partial charge in [0.15, 0.2) is 4.90 Å². The van der Waals surface area contributed by atoms with Gasteiger partial charge in [0.05, 0.1) is 4.92 Å². The number of fused-ring (bicyclic) bond motifs is 1. The van der Waals surface area contributed by atoms with E-state index in [1.807, 2.05) is 0 Å². The zero-order chi connectivity index (χ0) is 20.3. The Morgan fingerprint density at radius 1 is 1.29 bits per heavy atom. The van der Waals surface area contributed by atoms with Crippen LogP contribution in [0.25, 0.3) is 0 Å². The van der Waals surface area contributed by atoms with E-state index in [0.29, 0.717) is 18.7 Å². The number of nitro groups is 1. The molecule has 0 radical (unpaired) electrons. The van der Waals surface area contributed by atoms with Gasteiger partial charge in [0.2, 0.25) is 0 Å². The summed E-state index contributed by atoms with van der Waals surface area (Å²) in [6.45, 7) is 0.530. The van der Waals surface area contributed by atoms with Crippen LogP contribution in [0, 0.1) is 10.1 Å². The molecule has 2 aromatic carbocycles. The van der Waals surface area contributed by atoms with E-state index in [-0.39, 0.29) is 18.2 Å². The van der Waals surface area contributed by atoms with Crippen LogP contribution in [0.2, 0.25) is 0 Å². The van der Waals surface area contributed by atoms with E-state index >= 15 is 0 Å². The number of carbonyl (C=O) groups excluding carboxylic acids is 1. The monoisotopic (exact) mass is 405 g/mol. The van der Waals surface area contributed by atoms with Crippen LogP contribution in [0.5, 0.6) is 0 Å². The van der Waals surface area contributed by atoms with Crippen molar-refractivity contribution in [1.82, 2.24) is 0 Å². The first-order valence-electron chi connectivity index (χ1n) is 8.52. The molecule has 0 aliphatic carbocycles. The molecule has 9 nitrogen and oxygen atoms in total. The minimum atomic E-state index is -4.15. The van der Waals surface area contributed by atoms with Crippen molar-refractivity contribution in [3.63, 3.8) is 0 Å². The summed E-state index contributed by atoms with van der Waals surface area (Å²) in [5, 5.41) is 11.1. The fraction of sp³-hybridized carbons (Fsp3) is 0.278. The molecule has 3 rings (SSSR count). The van der Waals surface area contributed by atoms with Crippen molar-refractivity contribution in [3.05, 3.63) is 58.1 Å². The Balaban J connectivity index is 1.90. The topological polar surface area (TPSA) is 119 Å². The molecule has 1 aliphatic rings. The number of methoxy groups -OCH3 is 1. The number of rotatable bonds is 6. The summed E-state index contributed by atoms with van der Waals surface area (Å²) in [5.41, 5.74) is 1.31. The molecule has 0 atom stereocenters. The van der Waals surface area contributed by atoms with E-state index in [4.69, 9.17) is 4.74 Å². The summed E-state index contributed by atoms with van der Waals surface area (Å²) in [5.74, 6) is -0.170. The summed E-state index contributed by atoms with van der Waals surface area (Å²) < 4.78 is 32.6. The lowest BCUT2D eigenvalue weighted by Crippen LogP contribution is -2.37. The number of nitrogens with zero attached hydrogens (tertiary/aromatic N) is 2. The highest BCUT2D eigenvalue weighted by Gasteiger charge is 2.27. The van der Waals surface area contributed by atoms with E-state index in [0.717, 1.165) is 18.1 Å². The standard InChI is InChI=1S/C18H19N3O6S/c1-27-12-18(22)20-10-4-5-13-11-14(8-9-15(13)20)19-28(25,26)17-7-3-2-6-16(17)21(23)24/h2-3,6-9,11,19H,4-5,10,12H2,1H3. The third kappa shape index (κ3) is 3.97. The molecule has 0 aromatic heterocycles. The van der Waals surface area contributed by atoms with Crippen LogP contribution < -0.4 is 9.62 Å². The van der Waals surface area contributed by atoms with Crippen LogP contribution in [0.3, 0.4) is 0 Å². The molecule has 0 saturated heterocycles. The van der Waals surface area contributed by atoms with Crippen molar-refractivity contribution in [3.8, 4) is 0 Å². The molecule has 1 heterocycles. The predicted octanol–water partition coefficient (Wildman–Crippen LogP) is 2.32. The molecular weight excluding hydrogens is 386 g/mol. The van der Waals surface area contributed by atoms with Crippen LogP contribution in [0.15, 0.2) is 47.4 Å². The molecule has 2 aromatic rings. The number of sulfonamides is 1. The predicted molar refractivity (Wildman–Crippen MR) is 103 cm³/mol. The van der Waals surface area contributed by atoms with Crippen molar-refractivity contribution < 1.29 is 22.9 Å². The van der Waals surface area contributed by atoms with E-state index in [2.05, 4.69) is 4.72 Å². The van der Waals surface area contributed by atoms with Crippen LogP contribution in [-0.4, -0.2) is 39.5 Å². The summed E-state index contributed by atoms with van der Waals surface area (Å²) in [4.78, 5) is 23.8. The quantitative estimate of drug-likeness (QED) is 0.582. The third-order valence-electron chi connectivity index (χ3n) is 4.37. The molecule has 148 valence electrons. The Hall–Kier alpha value is -2.98. The second-order valence-electron chi connectivity index (χ2n) is 6.26. The fourth-order valence-corrected chi connectivity index (χ4v) is 4.39. The number of nitro benzene ring substituents is 1. The summed E-state index contributed by atoms with van der Waals surface area (Å²) in [6, 6.07) is 10.00. The van der Waals surface area contributed by atoms with Crippen molar-refractivity contribution >= 4 is 33.0 Å². The third-order valence-corrected chi connectivity index (χ3v) is 5.80. The highest BCUT2D eigenvalue weighted by Crippen LogP contribution is 2.31. The summed E-state index contributed by atoms with van der Waals surface area (Å²) in [6.07, 6.45) is 1.43. The van der Waals surface area contributed by atoms with Crippen LogP contribution in [0.4, 0.5) is 17.1 Å². The number of aryl methyl sites for hydroxylation is 1. The maximum absolute atomic E-state index is 12.7. The molecule has 0 saturated carbocycles. The molecule has 10 heteroatoms. The maximum atomic E-state index is 12.7. The van der Waals surface area contributed by atoms with Gasteiger partial charge in [0, 0.05) is 31.1 Å². The Labute approximate surface area is 162 Å². The van der Waals surface area contributed by atoms with E-state index < -0.39 is 25.5 Å². The van der Waals surface area contributed by atoms with Gasteiger partial charge < -0.3 is 9.64 Å². The number of hydrogen-bond donors (Lipinski definition) is 1. The highest BCUT2D eigenvalue weighted by molar-refractivity contribution is 7.92. The molecular formula is C18H19N3O6S. The average molecular weight is 405 g/mol. The number of para-hydroxylation sites is 1. The first-order chi connectivity index (χ1) is 13.3. The van der Waals surface area contributed by atoms with E-state index in [9.17, 15) is 23.3 Å². The molecule has 0 spiro atoms. The zero-order valence-corrected chi connectivity index (χ0v) is 15.9. The molecule has 1 N–H and O–H groups in total. The smallest absolute Gasteiger partial charge is 0.289 e. The number of nitrogens with one attached hydrogen (secondary N) is 1. The minimum Gasteiger partial charge on any atom is -0.375 e. The van der Waals surface area contributed by atoms with Gasteiger partial charge >= 0.3 is 0 Å². The zero-order valence-electron chi connectivity index (χ0n) is 15.1.